The summed E-state index contributed by atoms with van der Waals surface area (Å²) in [7, 11) is 2.00. The minimum atomic E-state index is 0.494. The second kappa shape index (κ2) is 5.43. The van der Waals surface area contributed by atoms with Crippen molar-refractivity contribution in [1.82, 2.24) is 15.1 Å². The Hall–Kier alpha value is -2.19. The fourth-order valence-corrected chi connectivity index (χ4v) is 2.16. The van der Waals surface area contributed by atoms with E-state index in [-0.39, 0.29) is 0 Å². The van der Waals surface area contributed by atoms with Crippen LogP contribution in [0.3, 0.4) is 0 Å². The van der Waals surface area contributed by atoms with Crippen molar-refractivity contribution in [3.05, 3.63) is 47.2 Å². The fraction of sp³-hybridized carbons (Fsp3) is 0.400. The highest BCUT2D eigenvalue weighted by atomic mass is 16.4. The van der Waals surface area contributed by atoms with Crippen molar-refractivity contribution in [2.24, 2.45) is 0 Å². The van der Waals surface area contributed by atoms with Gasteiger partial charge < -0.3 is 4.42 Å². The van der Waals surface area contributed by atoms with Gasteiger partial charge in [-0.3, -0.25) is 4.90 Å². The van der Waals surface area contributed by atoms with E-state index in [1.54, 1.807) is 0 Å². The fourth-order valence-electron chi connectivity index (χ4n) is 2.16. The molecular formula is C15H16N4O. The monoisotopic (exact) mass is 268 g/mol. The van der Waals surface area contributed by atoms with Gasteiger partial charge in [-0.15, -0.1) is 10.2 Å². The topological polar surface area (TPSA) is 66.0 Å². The molecule has 0 saturated heterocycles. The molecule has 102 valence electrons. The molecule has 1 aromatic carbocycles. The molecule has 1 aliphatic rings. The molecule has 1 heterocycles. The summed E-state index contributed by atoms with van der Waals surface area (Å²) in [5.74, 6) is 1.93. The molecule has 1 aliphatic carbocycles. The molecule has 0 bridgehead atoms. The summed E-state index contributed by atoms with van der Waals surface area (Å²) in [6, 6.07) is 9.78. The van der Waals surface area contributed by atoms with Crippen LogP contribution in [0.1, 0.15) is 41.7 Å². The molecule has 5 heteroatoms. The lowest BCUT2D eigenvalue weighted by molar-refractivity contribution is 0.277. The molecule has 2 aromatic rings. The Morgan fingerprint density at radius 1 is 1.35 bits per heavy atom. The van der Waals surface area contributed by atoms with Gasteiger partial charge >= 0.3 is 0 Å². The Morgan fingerprint density at radius 2 is 2.20 bits per heavy atom. The third kappa shape index (κ3) is 3.03. The van der Waals surface area contributed by atoms with E-state index in [1.807, 2.05) is 31.3 Å². The molecule has 1 aromatic heterocycles. The van der Waals surface area contributed by atoms with Gasteiger partial charge in [0.1, 0.15) is 0 Å². The van der Waals surface area contributed by atoms with Crippen LogP contribution in [0.4, 0.5) is 0 Å². The van der Waals surface area contributed by atoms with E-state index in [1.165, 1.54) is 12.8 Å². The largest absolute Gasteiger partial charge is 0.424 e. The Balaban J connectivity index is 1.60. The van der Waals surface area contributed by atoms with Crippen LogP contribution in [0.5, 0.6) is 0 Å². The number of hydrogen-bond donors (Lipinski definition) is 0. The third-order valence-electron chi connectivity index (χ3n) is 3.32. The van der Waals surface area contributed by atoms with Gasteiger partial charge in [-0.1, -0.05) is 12.1 Å². The molecular weight excluding hydrogens is 252 g/mol. The Kier molecular flexibility index (Phi) is 3.48. The van der Waals surface area contributed by atoms with E-state index >= 15 is 0 Å². The van der Waals surface area contributed by atoms with Gasteiger partial charge in [0.2, 0.25) is 11.8 Å². The minimum Gasteiger partial charge on any atom is -0.424 e. The molecule has 0 aliphatic heterocycles. The molecule has 0 radical (unpaired) electrons. The van der Waals surface area contributed by atoms with E-state index in [9.17, 15) is 0 Å². The normalized spacial score (nSPS) is 14.4. The van der Waals surface area contributed by atoms with Gasteiger partial charge in [-0.2, -0.15) is 5.26 Å². The molecule has 0 unspecified atom stereocenters. The zero-order valence-electron chi connectivity index (χ0n) is 11.4. The zero-order valence-corrected chi connectivity index (χ0v) is 11.4. The summed E-state index contributed by atoms with van der Waals surface area (Å²) in [5, 5.41) is 17.1. The van der Waals surface area contributed by atoms with Gasteiger partial charge in [-0.25, -0.2) is 0 Å². The average Bonchev–Trinajstić information content (AvgIpc) is 3.20. The highest BCUT2D eigenvalue weighted by Gasteiger charge is 2.29. The van der Waals surface area contributed by atoms with Crippen molar-refractivity contribution in [3.63, 3.8) is 0 Å². The summed E-state index contributed by atoms with van der Waals surface area (Å²) in [6.45, 7) is 1.37. The molecule has 0 spiro atoms. The number of nitriles is 1. The number of benzene rings is 1. The van der Waals surface area contributed by atoms with Gasteiger partial charge in [-0.05, 0) is 37.6 Å². The van der Waals surface area contributed by atoms with Gasteiger partial charge in [0.25, 0.3) is 0 Å². The van der Waals surface area contributed by atoms with Crippen LogP contribution < -0.4 is 0 Å². The van der Waals surface area contributed by atoms with Crippen molar-refractivity contribution in [2.45, 2.75) is 31.8 Å². The Morgan fingerprint density at radius 3 is 2.95 bits per heavy atom. The van der Waals surface area contributed by atoms with Crippen LogP contribution in [0.25, 0.3) is 0 Å². The maximum Gasteiger partial charge on any atom is 0.230 e. The number of hydrogen-bond acceptors (Lipinski definition) is 5. The van der Waals surface area contributed by atoms with Crippen molar-refractivity contribution in [2.75, 3.05) is 7.05 Å². The summed E-state index contributed by atoms with van der Waals surface area (Å²) in [6.07, 6.45) is 2.33. The van der Waals surface area contributed by atoms with E-state index < -0.39 is 0 Å². The minimum absolute atomic E-state index is 0.494. The van der Waals surface area contributed by atoms with Crippen LogP contribution in [0.2, 0.25) is 0 Å². The first-order valence-electron chi connectivity index (χ1n) is 6.74. The van der Waals surface area contributed by atoms with Crippen LogP contribution in [0, 0.1) is 11.3 Å². The van der Waals surface area contributed by atoms with Crippen LogP contribution in [-0.2, 0) is 13.1 Å². The quantitative estimate of drug-likeness (QED) is 0.833. The predicted octanol–water partition coefficient (Wildman–Crippen LogP) is 2.45. The van der Waals surface area contributed by atoms with Crippen molar-refractivity contribution >= 4 is 0 Å². The molecule has 1 fully saturated rings. The smallest absolute Gasteiger partial charge is 0.230 e. The lowest BCUT2D eigenvalue weighted by atomic mass is 10.1. The zero-order chi connectivity index (χ0) is 13.9. The van der Waals surface area contributed by atoms with E-state index in [0.717, 1.165) is 18.0 Å². The second-order valence-electron chi connectivity index (χ2n) is 5.29. The predicted molar refractivity (Wildman–Crippen MR) is 72.6 cm³/mol. The molecule has 0 N–H and O–H groups in total. The maximum absolute atomic E-state index is 8.90. The average molecular weight is 268 g/mol. The lowest BCUT2D eigenvalue weighted by Crippen LogP contribution is -2.17. The first kappa shape index (κ1) is 12.8. The first-order valence-corrected chi connectivity index (χ1v) is 6.74. The summed E-state index contributed by atoms with van der Waals surface area (Å²) >= 11 is 0. The van der Waals surface area contributed by atoms with E-state index in [0.29, 0.717) is 23.9 Å². The summed E-state index contributed by atoms with van der Waals surface area (Å²) < 4.78 is 5.64. The first-order chi connectivity index (χ1) is 9.74. The molecule has 5 nitrogen and oxygen atoms in total. The molecule has 20 heavy (non-hydrogen) atoms. The van der Waals surface area contributed by atoms with Crippen molar-refractivity contribution in [1.29, 1.82) is 5.26 Å². The van der Waals surface area contributed by atoms with Crippen LogP contribution in [-0.4, -0.2) is 22.1 Å². The van der Waals surface area contributed by atoms with Gasteiger partial charge in [0.15, 0.2) is 0 Å². The molecule has 0 atom stereocenters. The molecule has 1 saturated carbocycles. The number of aromatic nitrogens is 2. The van der Waals surface area contributed by atoms with Crippen LogP contribution >= 0.6 is 0 Å². The standard InChI is InChI=1S/C15H16N4O/c1-19(9-12-4-2-3-11(7-12)8-16)10-14-17-18-15(20-14)13-5-6-13/h2-4,7,13H,5-6,9-10H2,1H3. The SMILES string of the molecule is CN(Cc1cccc(C#N)c1)Cc1nnc(C2CC2)o1. The van der Waals surface area contributed by atoms with E-state index in [4.69, 9.17) is 9.68 Å². The maximum atomic E-state index is 8.90. The second-order valence-corrected chi connectivity index (χ2v) is 5.29. The Bertz CT molecular complexity index is 639. The third-order valence-corrected chi connectivity index (χ3v) is 3.32. The lowest BCUT2D eigenvalue weighted by Gasteiger charge is -2.14. The van der Waals surface area contributed by atoms with Gasteiger partial charge in [0.05, 0.1) is 18.2 Å². The van der Waals surface area contributed by atoms with Crippen molar-refractivity contribution < 1.29 is 4.42 Å². The highest BCUT2D eigenvalue weighted by Crippen LogP contribution is 2.39. The summed E-state index contributed by atoms with van der Waals surface area (Å²) in [5.41, 5.74) is 1.79. The number of rotatable bonds is 5. The van der Waals surface area contributed by atoms with Gasteiger partial charge in [0, 0.05) is 12.5 Å². The Labute approximate surface area is 117 Å². The highest BCUT2D eigenvalue weighted by molar-refractivity contribution is 5.32. The van der Waals surface area contributed by atoms with Crippen LogP contribution in [0.15, 0.2) is 28.7 Å². The summed E-state index contributed by atoms with van der Waals surface area (Å²) in [4.78, 5) is 2.10. The molecule has 0 amide bonds. The molecule has 3 rings (SSSR count). The number of nitrogens with zero attached hydrogens (tertiary/aromatic N) is 4. The van der Waals surface area contributed by atoms with E-state index in [2.05, 4.69) is 21.2 Å². The van der Waals surface area contributed by atoms with Crippen molar-refractivity contribution in [3.8, 4) is 6.07 Å².